The van der Waals surface area contributed by atoms with E-state index in [0.717, 1.165) is 40.5 Å². The largest absolute Gasteiger partial charge is 0.494 e. The molecule has 166 valence electrons. The molecule has 0 aliphatic heterocycles. The van der Waals surface area contributed by atoms with Crippen molar-refractivity contribution in [3.05, 3.63) is 69.8 Å². The van der Waals surface area contributed by atoms with E-state index in [0.29, 0.717) is 35.4 Å². The summed E-state index contributed by atoms with van der Waals surface area (Å²) < 4.78 is 16.7. The van der Waals surface area contributed by atoms with Gasteiger partial charge in [-0.25, -0.2) is 4.79 Å². The standard InChI is InChI=1S/C26H27NO5/c1-4-5-12-30-19-8-6-18(7-9-19)27-25(28)11-10-20-17(3)22-13-21-16(2)15-31-23(21)14-24(22)32-26(20)29/h6-9,13-15H,4-5,10-12H2,1-3H3,(H,27,28). The molecule has 0 fully saturated rings. The van der Waals surface area contributed by atoms with Gasteiger partial charge in [-0.05, 0) is 68.1 Å². The van der Waals surface area contributed by atoms with Crippen LogP contribution >= 0.6 is 0 Å². The Hall–Kier alpha value is -3.54. The number of amides is 1. The van der Waals surface area contributed by atoms with Crippen molar-refractivity contribution < 1.29 is 18.4 Å². The summed E-state index contributed by atoms with van der Waals surface area (Å²) in [6.07, 6.45) is 4.26. The summed E-state index contributed by atoms with van der Waals surface area (Å²) in [5, 5.41) is 4.71. The van der Waals surface area contributed by atoms with Gasteiger partial charge in [0.05, 0.1) is 12.9 Å². The van der Waals surface area contributed by atoms with Gasteiger partial charge in [-0.15, -0.1) is 0 Å². The van der Waals surface area contributed by atoms with E-state index in [1.807, 2.05) is 44.2 Å². The third kappa shape index (κ3) is 4.54. The molecule has 32 heavy (non-hydrogen) atoms. The highest BCUT2D eigenvalue weighted by molar-refractivity contribution is 5.96. The Kier molecular flexibility index (Phi) is 6.30. The zero-order valence-corrected chi connectivity index (χ0v) is 18.6. The minimum absolute atomic E-state index is 0.162. The van der Waals surface area contributed by atoms with Crippen LogP contribution in [-0.2, 0) is 11.2 Å². The molecule has 6 nitrogen and oxygen atoms in total. The maximum absolute atomic E-state index is 12.6. The van der Waals surface area contributed by atoms with Gasteiger partial charge in [0.25, 0.3) is 0 Å². The SMILES string of the molecule is CCCCOc1ccc(NC(=O)CCc2c(C)c3cc4c(C)coc4cc3oc2=O)cc1. The van der Waals surface area contributed by atoms with Crippen LogP contribution in [0.2, 0.25) is 0 Å². The third-order valence-corrected chi connectivity index (χ3v) is 5.68. The van der Waals surface area contributed by atoms with Crippen molar-refractivity contribution in [2.24, 2.45) is 0 Å². The third-order valence-electron chi connectivity index (χ3n) is 5.68. The summed E-state index contributed by atoms with van der Waals surface area (Å²) >= 11 is 0. The minimum atomic E-state index is -0.418. The van der Waals surface area contributed by atoms with E-state index < -0.39 is 5.63 Å². The van der Waals surface area contributed by atoms with E-state index in [2.05, 4.69) is 12.2 Å². The van der Waals surface area contributed by atoms with Crippen LogP contribution in [0.4, 0.5) is 5.69 Å². The smallest absolute Gasteiger partial charge is 0.339 e. The topological polar surface area (TPSA) is 81.7 Å². The number of benzene rings is 2. The van der Waals surface area contributed by atoms with Crippen LogP contribution in [0.25, 0.3) is 21.9 Å². The maximum atomic E-state index is 12.6. The molecule has 0 unspecified atom stereocenters. The fourth-order valence-electron chi connectivity index (χ4n) is 3.76. The van der Waals surface area contributed by atoms with E-state index >= 15 is 0 Å². The lowest BCUT2D eigenvalue weighted by Crippen LogP contribution is -2.16. The molecule has 0 spiro atoms. The number of nitrogens with one attached hydrogen (secondary N) is 1. The molecule has 2 aromatic carbocycles. The van der Waals surface area contributed by atoms with Gasteiger partial charge in [-0.3, -0.25) is 4.79 Å². The first-order chi connectivity index (χ1) is 15.5. The van der Waals surface area contributed by atoms with Gasteiger partial charge in [0.2, 0.25) is 5.91 Å². The summed E-state index contributed by atoms with van der Waals surface area (Å²) in [5.41, 5.74) is 3.83. The van der Waals surface area contributed by atoms with Gasteiger partial charge >= 0.3 is 5.63 Å². The van der Waals surface area contributed by atoms with E-state index in [1.165, 1.54) is 0 Å². The van der Waals surface area contributed by atoms with Crippen LogP contribution in [0.15, 0.2) is 56.3 Å². The van der Waals surface area contributed by atoms with Crippen molar-refractivity contribution >= 4 is 33.5 Å². The molecule has 1 N–H and O–H groups in total. The van der Waals surface area contributed by atoms with E-state index in [4.69, 9.17) is 13.6 Å². The number of ether oxygens (including phenoxy) is 1. The second kappa shape index (κ2) is 9.30. The average molecular weight is 434 g/mol. The Labute approximate surface area is 186 Å². The van der Waals surface area contributed by atoms with Crippen LogP contribution in [-0.4, -0.2) is 12.5 Å². The highest BCUT2D eigenvalue weighted by Gasteiger charge is 2.15. The molecule has 0 radical (unpaired) electrons. The normalized spacial score (nSPS) is 11.2. The molecule has 0 aliphatic carbocycles. The molecule has 0 aliphatic rings. The average Bonchev–Trinajstić information content (AvgIpc) is 3.13. The molecule has 0 atom stereocenters. The van der Waals surface area contributed by atoms with E-state index in [9.17, 15) is 9.59 Å². The lowest BCUT2D eigenvalue weighted by Gasteiger charge is -2.10. The molecular weight excluding hydrogens is 406 g/mol. The zero-order valence-electron chi connectivity index (χ0n) is 18.6. The number of anilines is 1. The molecule has 0 saturated heterocycles. The Bertz CT molecular complexity index is 1310. The number of unbranched alkanes of at least 4 members (excludes halogenated alkanes) is 1. The van der Waals surface area contributed by atoms with Gasteiger partial charge < -0.3 is 18.9 Å². The van der Waals surface area contributed by atoms with Crippen LogP contribution in [0.1, 0.15) is 42.9 Å². The summed E-state index contributed by atoms with van der Waals surface area (Å²) in [6, 6.07) is 11.0. The van der Waals surface area contributed by atoms with E-state index in [1.54, 1.807) is 12.3 Å². The zero-order chi connectivity index (χ0) is 22.7. The molecule has 4 rings (SSSR count). The monoisotopic (exact) mass is 433 g/mol. The number of hydrogen-bond acceptors (Lipinski definition) is 5. The Morgan fingerprint density at radius 3 is 2.59 bits per heavy atom. The number of furan rings is 1. The number of aryl methyl sites for hydroxylation is 2. The predicted octanol–water partition coefficient (Wildman–Crippen LogP) is 5.91. The Balaban J connectivity index is 1.45. The van der Waals surface area contributed by atoms with Crippen LogP contribution in [0.3, 0.4) is 0 Å². The van der Waals surface area contributed by atoms with E-state index in [-0.39, 0.29) is 12.3 Å². The highest BCUT2D eigenvalue weighted by atomic mass is 16.5. The summed E-state index contributed by atoms with van der Waals surface area (Å²) in [5.74, 6) is 0.618. The van der Waals surface area contributed by atoms with Gasteiger partial charge in [-0.2, -0.15) is 0 Å². The van der Waals surface area contributed by atoms with Crippen molar-refractivity contribution in [2.75, 3.05) is 11.9 Å². The summed E-state index contributed by atoms with van der Waals surface area (Å²) in [6.45, 7) is 6.66. The number of rotatable bonds is 8. The molecule has 6 heteroatoms. The Morgan fingerprint density at radius 1 is 1.06 bits per heavy atom. The lowest BCUT2D eigenvalue weighted by molar-refractivity contribution is -0.116. The van der Waals surface area contributed by atoms with Crippen molar-refractivity contribution in [1.82, 2.24) is 0 Å². The van der Waals surface area contributed by atoms with Crippen LogP contribution in [0.5, 0.6) is 5.75 Å². The fraction of sp³-hybridized carbons (Fsp3) is 0.308. The van der Waals surface area contributed by atoms with Gasteiger partial charge in [0.15, 0.2) is 0 Å². The van der Waals surface area contributed by atoms with Gasteiger partial charge in [-0.1, -0.05) is 13.3 Å². The predicted molar refractivity (Wildman–Crippen MR) is 126 cm³/mol. The number of carbonyl (C=O) groups is 1. The maximum Gasteiger partial charge on any atom is 0.339 e. The summed E-state index contributed by atoms with van der Waals surface area (Å²) in [4.78, 5) is 25.0. The van der Waals surface area contributed by atoms with Crippen molar-refractivity contribution in [1.29, 1.82) is 0 Å². The first kappa shape index (κ1) is 21.7. The van der Waals surface area contributed by atoms with Crippen molar-refractivity contribution in [2.45, 2.75) is 46.5 Å². The molecule has 0 saturated carbocycles. The Morgan fingerprint density at radius 2 is 1.84 bits per heavy atom. The second-order valence-electron chi connectivity index (χ2n) is 8.03. The lowest BCUT2D eigenvalue weighted by atomic mass is 10.0. The quantitative estimate of drug-likeness (QED) is 0.276. The summed E-state index contributed by atoms with van der Waals surface area (Å²) in [7, 11) is 0. The highest BCUT2D eigenvalue weighted by Crippen LogP contribution is 2.29. The number of fused-ring (bicyclic) bond motifs is 2. The van der Waals surface area contributed by atoms with Crippen LogP contribution in [0, 0.1) is 13.8 Å². The molecule has 1 amide bonds. The number of carbonyl (C=O) groups excluding carboxylic acids is 1. The minimum Gasteiger partial charge on any atom is -0.494 e. The molecule has 4 aromatic rings. The van der Waals surface area contributed by atoms with Crippen molar-refractivity contribution in [3.63, 3.8) is 0 Å². The first-order valence-corrected chi connectivity index (χ1v) is 10.9. The molecule has 2 aromatic heterocycles. The molecule has 2 heterocycles. The first-order valence-electron chi connectivity index (χ1n) is 10.9. The second-order valence-corrected chi connectivity index (χ2v) is 8.03. The fourth-order valence-corrected chi connectivity index (χ4v) is 3.76. The van der Waals surface area contributed by atoms with Gasteiger partial charge in [0.1, 0.15) is 16.9 Å². The molecule has 0 bridgehead atoms. The van der Waals surface area contributed by atoms with Crippen LogP contribution < -0.4 is 15.7 Å². The van der Waals surface area contributed by atoms with Gasteiger partial charge in [0, 0.05) is 34.5 Å². The number of hydrogen-bond donors (Lipinski definition) is 1. The van der Waals surface area contributed by atoms with Crippen molar-refractivity contribution in [3.8, 4) is 5.75 Å². The molecular formula is C26H27NO5.